The zero-order valence-corrected chi connectivity index (χ0v) is 40.2. The molecular weight excluding hydrogens is 899 g/mol. The van der Waals surface area contributed by atoms with Crippen molar-refractivity contribution >= 4 is 43.6 Å². The first kappa shape index (κ1) is 42.9. The Balaban J connectivity index is 1.02. The van der Waals surface area contributed by atoms with E-state index in [4.69, 9.17) is 15.0 Å². The molecule has 0 saturated carbocycles. The Morgan fingerprint density at radius 3 is 0.919 bits per heavy atom. The highest BCUT2D eigenvalue weighted by Crippen LogP contribution is 2.41. The topological polar surface area (TPSA) is 48.5 Å². The second-order valence-electron chi connectivity index (χ2n) is 18.8. The Morgan fingerprint density at radius 1 is 0.203 bits per heavy atom. The molecule has 3 aromatic heterocycles. The van der Waals surface area contributed by atoms with Crippen LogP contribution in [0.3, 0.4) is 0 Å². The molecule has 0 aliphatic rings. The molecule has 346 valence electrons. The summed E-state index contributed by atoms with van der Waals surface area (Å²) in [6.45, 7) is 0. The zero-order valence-electron chi connectivity index (χ0n) is 40.2. The molecule has 5 heteroatoms. The van der Waals surface area contributed by atoms with Crippen LogP contribution in [0.15, 0.2) is 273 Å². The monoisotopic (exact) mass is 943 g/mol. The van der Waals surface area contributed by atoms with E-state index in [1.165, 1.54) is 27.1 Å². The van der Waals surface area contributed by atoms with Gasteiger partial charge in [-0.05, 0) is 81.9 Å². The largest absolute Gasteiger partial charge is 0.309 e. The predicted molar refractivity (Wildman–Crippen MR) is 307 cm³/mol. The smallest absolute Gasteiger partial charge is 0.164 e. The summed E-state index contributed by atoms with van der Waals surface area (Å²) >= 11 is 0. The van der Waals surface area contributed by atoms with Crippen LogP contribution in [0.1, 0.15) is 0 Å². The Hall–Kier alpha value is -9.97. The molecule has 0 spiro atoms. The minimum atomic E-state index is 0.576. The maximum Gasteiger partial charge on any atom is 0.164 e. The molecule has 74 heavy (non-hydrogen) atoms. The van der Waals surface area contributed by atoms with Crippen LogP contribution in [0.25, 0.3) is 134 Å². The summed E-state index contributed by atoms with van der Waals surface area (Å²) in [6.07, 6.45) is 0. The van der Waals surface area contributed by atoms with Gasteiger partial charge in [0, 0.05) is 49.4 Å². The molecule has 0 fully saturated rings. The van der Waals surface area contributed by atoms with E-state index >= 15 is 0 Å². The van der Waals surface area contributed by atoms with E-state index in [9.17, 15) is 0 Å². The number of benzene rings is 11. The third kappa shape index (κ3) is 7.46. The van der Waals surface area contributed by atoms with Crippen molar-refractivity contribution in [2.75, 3.05) is 0 Å². The Morgan fingerprint density at radius 2 is 0.500 bits per heavy atom. The number of nitrogens with zero attached hydrogens (tertiary/aromatic N) is 5. The predicted octanol–water partition coefficient (Wildman–Crippen LogP) is 17.7. The maximum atomic E-state index is 5.49. The molecule has 0 atom stereocenters. The summed E-state index contributed by atoms with van der Waals surface area (Å²) in [5.41, 5.74) is 18.2. The number of fused-ring (bicyclic) bond motifs is 6. The normalized spacial score (nSPS) is 11.5. The first-order chi connectivity index (χ1) is 36.7. The van der Waals surface area contributed by atoms with Crippen molar-refractivity contribution in [1.82, 2.24) is 24.1 Å². The first-order valence-electron chi connectivity index (χ1n) is 25.1. The average molecular weight is 944 g/mol. The third-order valence-corrected chi connectivity index (χ3v) is 14.4. The molecule has 0 radical (unpaired) electrons. The van der Waals surface area contributed by atoms with Gasteiger partial charge in [0.05, 0.1) is 33.4 Å². The van der Waals surface area contributed by atoms with E-state index < -0.39 is 0 Å². The first-order valence-corrected chi connectivity index (χ1v) is 25.1. The van der Waals surface area contributed by atoms with Crippen LogP contribution in [0.2, 0.25) is 0 Å². The van der Waals surface area contributed by atoms with Gasteiger partial charge in [0.2, 0.25) is 0 Å². The molecule has 0 amide bonds. The number of aromatic nitrogens is 5. The number of para-hydroxylation sites is 4. The second kappa shape index (κ2) is 18.0. The van der Waals surface area contributed by atoms with E-state index in [1.807, 2.05) is 6.07 Å². The van der Waals surface area contributed by atoms with Crippen LogP contribution in [0.5, 0.6) is 0 Å². The maximum absolute atomic E-state index is 5.49. The second-order valence-corrected chi connectivity index (χ2v) is 18.8. The van der Waals surface area contributed by atoms with Gasteiger partial charge in [-0.15, -0.1) is 0 Å². The fourth-order valence-electron chi connectivity index (χ4n) is 10.9. The molecule has 5 nitrogen and oxygen atoms in total. The van der Waals surface area contributed by atoms with Crippen molar-refractivity contribution in [3.8, 4) is 90.0 Å². The molecule has 0 aliphatic carbocycles. The van der Waals surface area contributed by atoms with Gasteiger partial charge < -0.3 is 9.13 Å². The fraction of sp³-hybridized carbons (Fsp3) is 0. The van der Waals surface area contributed by atoms with Crippen molar-refractivity contribution in [3.05, 3.63) is 273 Å². The van der Waals surface area contributed by atoms with Crippen molar-refractivity contribution in [3.63, 3.8) is 0 Å². The van der Waals surface area contributed by atoms with E-state index in [2.05, 4.69) is 276 Å². The van der Waals surface area contributed by atoms with Crippen molar-refractivity contribution in [1.29, 1.82) is 0 Å². The molecular formula is C69H45N5. The van der Waals surface area contributed by atoms with Gasteiger partial charge in [-0.1, -0.05) is 224 Å². The standard InChI is InChI=1S/C69H45N5/c1-4-20-46(21-5-1)49-26-18-28-51(42-49)56-41-39-54(45-66(56)74-63-36-16-12-32-59(63)60-33-13-17-37-64(60)74)69-71-67(52-29-19-27-50(43-52)47-22-6-2-7-23-47)70-68(72-69)53-38-40-55(48-24-8-3-9-25-48)65(44-53)73-61-34-14-10-30-57(61)58-31-11-15-35-62(58)73/h1-45H. The van der Waals surface area contributed by atoms with Crippen LogP contribution >= 0.6 is 0 Å². The molecule has 3 heterocycles. The lowest BCUT2D eigenvalue weighted by atomic mass is 9.96. The van der Waals surface area contributed by atoms with E-state index in [0.717, 1.165) is 89.1 Å². The molecule has 0 unspecified atom stereocenters. The summed E-state index contributed by atoms with van der Waals surface area (Å²) in [4.78, 5) is 16.3. The van der Waals surface area contributed by atoms with Crippen molar-refractivity contribution in [2.24, 2.45) is 0 Å². The lowest BCUT2D eigenvalue weighted by molar-refractivity contribution is 1.07. The van der Waals surface area contributed by atoms with E-state index in [0.29, 0.717) is 17.5 Å². The summed E-state index contributed by atoms with van der Waals surface area (Å²) in [5.74, 6) is 1.74. The minimum Gasteiger partial charge on any atom is -0.309 e. The lowest BCUT2D eigenvalue weighted by Gasteiger charge is -2.18. The molecule has 0 bridgehead atoms. The number of hydrogen-bond acceptors (Lipinski definition) is 3. The highest BCUT2D eigenvalue weighted by molar-refractivity contribution is 6.11. The highest BCUT2D eigenvalue weighted by Gasteiger charge is 2.22. The summed E-state index contributed by atoms with van der Waals surface area (Å²) in [5, 5.41) is 4.78. The molecule has 0 N–H and O–H groups in total. The Bertz CT molecular complexity index is 4310. The van der Waals surface area contributed by atoms with Gasteiger partial charge in [-0.25, -0.2) is 15.0 Å². The highest BCUT2D eigenvalue weighted by atomic mass is 15.0. The summed E-state index contributed by atoms with van der Waals surface area (Å²) in [7, 11) is 0. The van der Waals surface area contributed by atoms with Crippen LogP contribution in [-0.4, -0.2) is 24.1 Å². The molecule has 14 rings (SSSR count). The van der Waals surface area contributed by atoms with Gasteiger partial charge in [-0.3, -0.25) is 0 Å². The Labute approximate surface area is 428 Å². The zero-order chi connectivity index (χ0) is 49.0. The van der Waals surface area contributed by atoms with Crippen LogP contribution in [0.4, 0.5) is 0 Å². The minimum absolute atomic E-state index is 0.576. The summed E-state index contributed by atoms with van der Waals surface area (Å²) in [6, 6.07) is 97.2. The third-order valence-electron chi connectivity index (χ3n) is 14.4. The summed E-state index contributed by atoms with van der Waals surface area (Å²) < 4.78 is 4.80. The van der Waals surface area contributed by atoms with Crippen LogP contribution in [-0.2, 0) is 0 Å². The quantitative estimate of drug-likeness (QED) is 0.145. The molecule has 0 aliphatic heterocycles. The van der Waals surface area contributed by atoms with Gasteiger partial charge in [0.25, 0.3) is 0 Å². The molecule has 0 saturated heterocycles. The molecule has 11 aromatic carbocycles. The van der Waals surface area contributed by atoms with Crippen molar-refractivity contribution < 1.29 is 0 Å². The van der Waals surface area contributed by atoms with E-state index in [-0.39, 0.29) is 0 Å². The van der Waals surface area contributed by atoms with Gasteiger partial charge in [0.1, 0.15) is 0 Å². The van der Waals surface area contributed by atoms with Crippen LogP contribution < -0.4 is 0 Å². The average Bonchev–Trinajstić information content (AvgIpc) is 4.00. The van der Waals surface area contributed by atoms with Gasteiger partial charge in [0.15, 0.2) is 17.5 Å². The lowest BCUT2D eigenvalue weighted by Crippen LogP contribution is -2.03. The molecule has 14 aromatic rings. The number of hydrogen-bond donors (Lipinski definition) is 0. The van der Waals surface area contributed by atoms with Gasteiger partial charge >= 0.3 is 0 Å². The SMILES string of the molecule is c1ccc(-c2cccc(-c3nc(-c4ccc(-c5ccccc5)c(-n5c6ccccc6c6ccccc65)c4)nc(-c4ccc(-c5cccc(-c6ccccc6)c5)c(-n5c6ccccc6c6ccccc65)c4)n3)c2)cc1. The Kier molecular flexibility index (Phi) is 10.4. The fourth-order valence-corrected chi connectivity index (χ4v) is 10.9. The van der Waals surface area contributed by atoms with E-state index in [1.54, 1.807) is 0 Å². The van der Waals surface area contributed by atoms with Crippen LogP contribution in [0, 0.1) is 0 Å². The van der Waals surface area contributed by atoms with Crippen molar-refractivity contribution in [2.45, 2.75) is 0 Å². The number of rotatable bonds is 9. The van der Waals surface area contributed by atoms with Gasteiger partial charge in [-0.2, -0.15) is 0 Å².